The van der Waals surface area contributed by atoms with Crippen molar-refractivity contribution in [2.45, 2.75) is 31.7 Å². The van der Waals surface area contributed by atoms with Crippen LogP contribution in [0.5, 0.6) is 0 Å². The fourth-order valence-corrected chi connectivity index (χ4v) is 3.74. The van der Waals surface area contributed by atoms with Crippen LogP contribution in [0.15, 0.2) is 0 Å². The van der Waals surface area contributed by atoms with Crippen LogP contribution in [0, 0.1) is 11.8 Å². The lowest BCUT2D eigenvalue weighted by Gasteiger charge is -2.30. The fourth-order valence-electron chi connectivity index (χ4n) is 3.74. The number of nitrogens with zero attached hydrogens (tertiary/aromatic N) is 1. The number of hydrogen-bond acceptors (Lipinski definition) is 2. The van der Waals surface area contributed by atoms with Crippen molar-refractivity contribution in [3.63, 3.8) is 0 Å². The molecule has 1 saturated carbocycles. The number of carbonyl (C=O) groups is 1. The third kappa shape index (κ3) is 0.863. The van der Waals surface area contributed by atoms with Crippen molar-refractivity contribution in [2.75, 3.05) is 13.1 Å². The van der Waals surface area contributed by atoms with Crippen LogP contribution in [0.3, 0.4) is 0 Å². The van der Waals surface area contributed by atoms with Gasteiger partial charge in [0.2, 0.25) is 0 Å². The van der Waals surface area contributed by atoms with E-state index in [1.807, 2.05) is 0 Å². The largest absolute Gasteiger partial charge is 0.298 e. The monoisotopic (exact) mass is 176 g/mol. The molecule has 3 aliphatic rings. The van der Waals surface area contributed by atoms with Crippen molar-refractivity contribution in [3.8, 4) is 0 Å². The number of ketones is 1. The Morgan fingerprint density at radius 2 is 2.15 bits per heavy atom. The van der Waals surface area contributed by atoms with Crippen molar-refractivity contribution < 1.29 is 4.79 Å². The van der Waals surface area contributed by atoms with Crippen LogP contribution in [0.25, 0.3) is 0 Å². The quantitative estimate of drug-likeness (QED) is 0.506. The highest BCUT2D eigenvalue weighted by molar-refractivity contribution is 5.87. The highest BCUT2D eigenvalue weighted by Gasteiger charge is 2.60. The van der Waals surface area contributed by atoms with Crippen LogP contribution in [-0.2, 0) is 4.79 Å². The average Bonchev–Trinajstić information content (AvgIpc) is 2.56. The van der Waals surface area contributed by atoms with Gasteiger partial charge in [-0.1, -0.05) is 0 Å². The van der Waals surface area contributed by atoms with E-state index in [4.69, 9.17) is 0 Å². The predicted octanol–water partition coefficient (Wildman–Crippen LogP) is 0.679. The third-order valence-electron chi connectivity index (χ3n) is 4.50. The first kappa shape index (κ1) is 9.26. The first-order chi connectivity index (χ1) is 5.73. The van der Waals surface area contributed by atoms with Crippen LogP contribution in [0.2, 0.25) is 0 Å². The highest BCUT2D eigenvalue weighted by atomic mass is 16.1. The Labute approximate surface area is 81.2 Å². The second-order valence-corrected chi connectivity index (χ2v) is 4.73. The van der Waals surface area contributed by atoms with E-state index in [1.54, 1.807) is 0 Å². The molecule has 2 heterocycles. The van der Waals surface area contributed by atoms with Gasteiger partial charge >= 0.3 is 0 Å². The summed E-state index contributed by atoms with van der Waals surface area (Å²) >= 11 is 0. The average molecular weight is 176 g/mol. The molecular weight excluding hydrogens is 161 g/mol. The number of rotatable bonds is 0. The first-order valence-corrected chi connectivity index (χ1v) is 5.00. The molecule has 0 N–H and O–H groups in total. The predicted molar refractivity (Wildman–Crippen MR) is 51.6 cm³/mol. The van der Waals surface area contributed by atoms with Crippen LogP contribution in [0.1, 0.15) is 26.2 Å². The van der Waals surface area contributed by atoms with Crippen molar-refractivity contribution in [1.29, 1.82) is 0 Å². The molecular formula is C10H15BNO. The molecule has 1 aliphatic carbocycles. The summed E-state index contributed by atoms with van der Waals surface area (Å²) in [5, 5.41) is 0. The smallest absolute Gasteiger partial charge is 0.151 e. The summed E-state index contributed by atoms with van der Waals surface area (Å²) in [6.45, 7) is 4.23. The maximum absolute atomic E-state index is 11.6. The van der Waals surface area contributed by atoms with E-state index in [0.717, 1.165) is 18.9 Å². The number of carbonyl (C=O) groups excluding carboxylic acids is 1. The molecule has 0 aromatic rings. The number of Topliss-reactive ketones (excluding diaryl/α,β-unsaturated/α-hetero) is 1. The maximum atomic E-state index is 11.6. The second-order valence-electron chi connectivity index (χ2n) is 4.73. The van der Waals surface area contributed by atoms with E-state index in [1.165, 1.54) is 19.4 Å². The molecule has 13 heavy (non-hydrogen) atoms. The van der Waals surface area contributed by atoms with E-state index in [2.05, 4.69) is 11.8 Å². The zero-order valence-corrected chi connectivity index (χ0v) is 8.12. The van der Waals surface area contributed by atoms with Crippen molar-refractivity contribution in [3.05, 3.63) is 0 Å². The van der Waals surface area contributed by atoms with Gasteiger partial charge in [0.05, 0.1) is 6.54 Å². The van der Waals surface area contributed by atoms with Gasteiger partial charge < -0.3 is 0 Å². The molecule has 0 unspecified atom stereocenters. The van der Waals surface area contributed by atoms with E-state index >= 15 is 0 Å². The minimum Gasteiger partial charge on any atom is -0.298 e. The molecule has 3 rings (SSSR count). The molecule has 3 heteroatoms. The van der Waals surface area contributed by atoms with E-state index in [9.17, 15) is 4.79 Å². The third-order valence-corrected chi connectivity index (χ3v) is 4.50. The topological polar surface area (TPSA) is 20.3 Å². The van der Waals surface area contributed by atoms with E-state index < -0.39 is 0 Å². The van der Waals surface area contributed by atoms with Crippen LogP contribution in [-0.4, -0.2) is 37.7 Å². The van der Waals surface area contributed by atoms with Gasteiger partial charge in [0.15, 0.2) is 5.78 Å². The summed E-state index contributed by atoms with van der Waals surface area (Å²) in [6.07, 6.45) is 3.79. The molecule has 0 spiro atoms. The SMILES string of the molecule is C[C@@]12[C@H]3CC[C@@H]1C(=O)CN2CC3.[B]. The molecule has 0 aromatic carbocycles. The molecule has 3 atom stereocenters. The summed E-state index contributed by atoms with van der Waals surface area (Å²) < 4.78 is 0. The van der Waals surface area contributed by atoms with Gasteiger partial charge in [0.1, 0.15) is 0 Å². The number of hydrogen-bond donors (Lipinski definition) is 0. The van der Waals surface area contributed by atoms with Gasteiger partial charge in [-0.05, 0) is 38.6 Å². The van der Waals surface area contributed by atoms with Gasteiger partial charge in [-0.2, -0.15) is 0 Å². The van der Waals surface area contributed by atoms with Crippen molar-refractivity contribution in [2.24, 2.45) is 11.8 Å². The summed E-state index contributed by atoms with van der Waals surface area (Å²) in [4.78, 5) is 14.0. The molecule has 2 nitrogen and oxygen atoms in total. The normalized spacial score (nSPS) is 47.9. The van der Waals surface area contributed by atoms with Crippen LogP contribution in [0.4, 0.5) is 0 Å². The standard InChI is InChI=1S/C10H15NO.B/c1-10-7-2-3-8(10)9(12)6-11(10)5-4-7;/h7-8H,2-6H2,1H3;/t7-,8+,10+;/m0./s1. The molecule has 0 bridgehead atoms. The Kier molecular flexibility index (Phi) is 1.85. The van der Waals surface area contributed by atoms with Gasteiger partial charge in [-0.15, -0.1) is 0 Å². The molecule has 3 fully saturated rings. The minimum absolute atomic E-state index is 0. The van der Waals surface area contributed by atoms with Crippen LogP contribution >= 0.6 is 0 Å². The molecule has 69 valence electrons. The molecule has 3 radical (unpaired) electrons. The van der Waals surface area contributed by atoms with Crippen molar-refractivity contribution in [1.82, 2.24) is 4.90 Å². The minimum atomic E-state index is 0. The lowest BCUT2D eigenvalue weighted by molar-refractivity contribution is -0.120. The zero-order chi connectivity index (χ0) is 8.34. The Hall–Kier alpha value is -0.305. The van der Waals surface area contributed by atoms with Crippen LogP contribution < -0.4 is 0 Å². The van der Waals surface area contributed by atoms with E-state index in [-0.39, 0.29) is 14.0 Å². The van der Waals surface area contributed by atoms with Gasteiger partial charge in [-0.3, -0.25) is 9.69 Å². The summed E-state index contributed by atoms with van der Waals surface area (Å²) in [5.74, 6) is 1.73. The van der Waals surface area contributed by atoms with Gasteiger partial charge in [0.25, 0.3) is 0 Å². The van der Waals surface area contributed by atoms with Crippen molar-refractivity contribution >= 4 is 14.2 Å². The van der Waals surface area contributed by atoms with Gasteiger partial charge in [-0.25, -0.2) is 0 Å². The summed E-state index contributed by atoms with van der Waals surface area (Å²) in [6, 6.07) is 0. The fraction of sp³-hybridized carbons (Fsp3) is 0.900. The Bertz CT molecular complexity index is 255. The summed E-state index contributed by atoms with van der Waals surface area (Å²) in [5.41, 5.74) is 0.289. The molecule has 0 aromatic heterocycles. The maximum Gasteiger partial charge on any atom is 0.151 e. The van der Waals surface area contributed by atoms with E-state index in [0.29, 0.717) is 11.7 Å². The Morgan fingerprint density at radius 1 is 1.38 bits per heavy atom. The molecule has 2 aliphatic heterocycles. The lowest BCUT2D eigenvalue weighted by atomic mass is 9.84. The molecule has 2 saturated heterocycles. The molecule has 0 amide bonds. The second kappa shape index (κ2) is 2.60. The lowest BCUT2D eigenvalue weighted by Crippen LogP contribution is -2.40. The highest BCUT2D eigenvalue weighted by Crippen LogP contribution is 2.53. The Balaban J connectivity index is 0.000000653. The first-order valence-electron chi connectivity index (χ1n) is 5.00. The zero-order valence-electron chi connectivity index (χ0n) is 8.12. The van der Waals surface area contributed by atoms with Gasteiger partial charge in [0, 0.05) is 19.9 Å². The summed E-state index contributed by atoms with van der Waals surface area (Å²) in [7, 11) is 0. The Morgan fingerprint density at radius 3 is 2.92 bits per heavy atom.